The lowest BCUT2D eigenvalue weighted by molar-refractivity contribution is -0.0332. The number of hydrogen-bond donors (Lipinski definition) is 2. The summed E-state index contributed by atoms with van der Waals surface area (Å²) in [5.41, 5.74) is 0.00731. The summed E-state index contributed by atoms with van der Waals surface area (Å²) in [5, 5.41) is 15.3. The highest BCUT2D eigenvalue weighted by molar-refractivity contribution is 5.98. The fourth-order valence-corrected chi connectivity index (χ4v) is 3.32. The molecule has 3 aromatic rings. The van der Waals surface area contributed by atoms with Gasteiger partial charge in [-0.15, -0.1) is 0 Å². The van der Waals surface area contributed by atoms with Crippen LogP contribution in [0.3, 0.4) is 0 Å². The van der Waals surface area contributed by atoms with E-state index in [1.165, 1.54) is 31.3 Å². The maximum absolute atomic E-state index is 14.4. The predicted molar refractivity (Wildman–Crippen MR) is 118 cm³/mol. The maximum atomic E-state index is 14.4. The van der Waals surface area contributed by atoms with E-state index in [2.05, 4.69) is 10.4 Å². The van der Waals surface area contributed by atoms with Crippen molar-refractivity contribution in [2.75, 3.05) is 6.67 Å². The van der Waals surface area contributed by atoms with Gasteiger partial charge in [0.25, 0.3) is 5.91 Å². The molecule has 10 heteroatoms. The van der Waals surface area contributed by atoms with Crippen LogP contribution in [0.25, 0.3) is 0 Å². The zero-order chi connectivity index (χ0) is 25.0. The number of carbonyl (C=O) groups excluding carboxylic acids is 1. The van der Waals surface area contributed by atoms with Crippen LogP contribution in [-0.2, 0) is 19.4 Å². The lowest BCUT2D eigenvalue weighted by atomic mass is 10.0. The summed E-state index contributed by atoms with van der Waals surface area (Å²) < 4.78 is 48.6. The number of carboxylic acids is 1. The Labute approximate surface area is 194 Å². The van der Waals surface area contributed by atoms with Crippen LogP contribution in [0.15, 0.2) is 48.5 Å². The molecule has 0 aliphatic rings. The average Bonchev–Trinajstić information content (AvgIpc) is 3.16. The number of nitrogens with one attached hydrogen (secondary N) is 1. The molecule has 0 unspecified atom stereocenters. The number of aromatic carboxylic acids is 1. The molecule has 0 saturated carbocycles. The Morgan fingerprint density at radius 3 is 2.29 bits per heavy atom. The second kappa shape index (κ2) is 9.98. The van der Waals surface area contributed by atoms with Crippen LogP contribution in [0.4, 0.5) is 13.2 Å². The SMILES string of the molecule is CCc1ccc(Oc2c(C(=O)N[C@@H](C)c3ccc(C(=O)O)cc3)c(C(F)(F)CF)nn2C)cc1. The molecule has 0 radical (unpaired) electrons. The molecular weight excluding hydrogens is 451 g/mol. The van der Waals surface area contributed by atoms with Gasteiger partial charge in [-0.2, -0.15) is 13.9 Å². The first kappa shape index (κ1) is 24.8. The van der Waals surface area contributed by atoms with E-state index in [0.717, 1.165) is 16.7 Å². The summed E-state index contributed by atoms with van der Waals surface area (Å²) in [7, 11) is 1.32. The summed E-state index contributed by atoms with van der Waals surface area (Å²) in [6.45, 7) is 1.53. The first-order valence-electron chi connectivity index (χ1n) is 10.5. The molecule has 2 N–H and O–H groups in total. The topological polar surface area (TPSA) is 93.4 Å². The third kappa shape index (κ3) is 5.22. The molecule has 0 saturated heterocycles. The van der Waals surface area contributed by atoms with E-state index in [-0.39, 0.29) is 11.4 Å². The first-order chi connectivity index (χ1) is 16.1. The van der Waals surface area contributed by atoms with Crippen LogP contribution in [0.5, 0.6) is 11.6 Å². The third-order valence-electron chi connectivity index (χ3n) is 5.29. The first-order valence-corrected chi connectivity index (χ1v) is 10.5. The Morgan fingerprint density at radius 2 is 1.76 bits per heavy atom. The summed E-state index contributed by atoms with van der Waals surface area (Å²) in [5.74, 6) is -6.03. The van der Waals surface area contributed by atoms with Crippen molar-refractivity contribution in [3.63, 3.8) is 0 Å². The number of rotatable bonds is 9. The van der Waals surface area contributed by atoms with Gasteiger partial charge in [-0.3, -0.25) is 4.79 Å². The highest BCUT2D eigenvalue weighted by atomic mass is 19.3. The molecule has 2 aromatic carbocycles. The molecule has 0 aliphatic heterocycles. The van der Waals surface area contributed by atoms with Gasteiger partial charge in [-0.1, -0.05) is 31.2 Å². The zero-order valence-electron chi connectivity index (χ0n) is 18.8. The number of nitrogens with zero attached hydrogens (tertiary/aromatic N) is 2. The van der Waals surface area contributed by atoms with E-state index < -0.39 is 41.8 Å². The number of alkyl halides is 3. The number of halogens is 3. The minimum absolute atomic E-state index is 0.0594. The second-order valence-electron chi connectivity index (χ2n) is 7.71. The van der Waals surface area contributed by atoms with E-state index in [0.29, 0.717) is 11.3 Å². The number of aromatic nitrogens is 2. The van der Waals surface area contributed by atoms with Crippen LogP contribution in [-0.4, -0.2) is 33.4 Å². The van der Waals surface area contributed by atoms with Crippen molar-refractivity contribution in [2.45, 2.75) is 32.2 Å². The highest BCUT2D eigenvalue weighted by Gasteiger charge is 2.42. The third-order valence-corrected chi connectivity index (χ3v) is 5.29. The van der Waals surface area contributed by atoms with Gasteiger partial charge in [0, 0.05) is 7.05 Å². The molecule has 0 bridgehead atoms. The summed E-state index contributed by atoms with van der Waals surface area (Å²) in [6, 6.07) is 11.9. The molecule has 0 aliphatic carbocycles. The van der Waals surface area contributed by atoms with Crippen LogP contribution >= 0.6 is 0 Å². The summed E-state index contributed by atoms with van der Waals surface area (Å²) in [4.78, 5) is 24.2. The van der Waals surface area contributed by atoms with E-state index in [1.807, 2.05) is 6.92 Å². The largest absolute Gasteiger partial charge is 0.478 e. The lowest BCUT2D eigenvalue weighted by Gasteiger charge is -2.17. The molecule has 7 nitrogen and oxygen atoms in total. The van der Waals surface area contributed by atoms with Gasteiger partial charge in [-0.25, -0.2) is 13.9 Å². The smallest absolute Gasteiger partial charge is 0.335 e. The lowest BCUT2D eigenvalue weighted by Crippen LogP contribution is -2.30. The maximum Gasteiger partial charge on any atom is 0.335 e. The molecular formula is C24H24F3N3O4. The zero-order valence-corrected chi connectivity index (χ0v) is 18.8. The van der Waals surface area contributed by atoms with Crippen molar-refractivity contribution in [3.05, 3.63) is 76.5 Å². The van der Waals surface area contributed by atoms with E-state index in [4.69, 9.17) is 9.84 Å². The number of ether oxygens (including phenoxy) is 1. The van der Waals surface area contributed by atoms with Crippen molar-refractivity contribution in [1.82, 2.24) is 15.1 Å². The van der Waals surface area contributed by atoms with Crippen molar-refractivity contribution in [1.29, 1.82) is 0 Å². The molecule has 3 rings (SSSR count). The molecule has 1 heterocycles. The van der Waals surface area contributed by atoms with E-state index in [9.17, 15) is 22.8 Å². The second-order valence-corrected chi connectivity index (χ2v) is 7.71. The Morgan fingerprint density at radius 1 is 1.15 bits per heavy atom. The predicted octanol–water partition coefficient (Wildman–Crippen LogP) is 5.03. The van der Waals surface area contributed by atoms with Crippen LogP contribution in [0.1, 0.15) is 57.4 Å². The molecule has 180 valence electrons. The number of benzene rings is 2. The van der Waals surface area contributed by atoms with Gasteiger partial charge >= 0.3 is 11.9 Å². The minimum Gasteiger partial charge on any atom is -0.478 e. The Bertz CT molecular complexity index is 1180. The highest BCUT2D eigenvalue weighted by Crippen LogP contribution is 2.37. The number of hydrogen-bond acceptors (Lipinski definition) is 4. The van der Waals surface area contributed by atoms with Crippen LogP contribution in [0, 0.1) is 0 Å². The molecule has 34 heavy (non-hydrogen) atoms. The van der Waals surface area contributed by atoms with Gasteiger partial charge < -0.3 is 15.2 Å². The number of carbonyl (C=O) groups is 2. The van der Waals surface area contributed by atoms with Crippen molar-refractivity contribution >= 4 is 11.9 Å². The van der Waals surface area contributed by atoms with Gasteiger partial charge in [0.2, 0.25) is 5.88 Å². The number of amides is 1. The fraction of sp³-hybridized carbons (Fsp3) is 0.292. The van der Waals surface area contributed by atoms with Gasteiger partial charge in [0.1, 0.15) is 11.3 Å². The van der Waals surface area contributed by atoms with Gasteiger partial charge in [0.15, 0.2) is 12.4 Å². The minimum atomic E-state index is -4.01. The standard InChI is InChI=1S/C24H24F3N3O4/c1-4-15-5-11-18(12-6-15)34-22-19(20(29-30(22)3)24(26,27)13-25)21(31)28-14(2)16-7-9-17(10-8-16)23(32)33/h5-12,14H,4,13H2,1-3H3,(H,28,31)(H,32,33)/t14-/m0/s1. The molecule has 1 atom stereocenters. The Kier molecular flexibility index (Phi) is 7.29. The molecule has 1 aromatic heterocycles. The Balaban J connectivity index is 1.96. The van der Waals surface area contributed by atoms with Crippen LogP contribution in [0.2, 0.25) is 0 Å². The number of carboxylic acid groups (broad SMARTS) is 1. The molecule has 1 amide bonds. The van der Waals surface area contributed by atoms with Crippen molar-refractivity contribution in [3.8, 4) is 11.6 Å². The normalized spacial score (nSPS) is 12.3. The molecule has 0 spiro atoms. The molecule has 0 fully saturated rings. The quantitative estimate of drug-likeness (QED) is 0.453. The summed E-state index contributed by atoms with van der Waals surface area (Å²) in [6.07, 6.45) is 0.790. The van der Waals surface area contributed by atoms with Crippen LogP contribution < -0.4 is 10.1 Å². The van der Waals surface area contributed by atoms with Gasteiger partial charge in [0.05, 0.1) is 11.6 Å². The van der Waals surface area contributed by atoms with Crippen molar-refractivity contribution < 1.29 is 32.6 Å². The average molecular weight is 475 g/mol. The monoisotopic (exact) mass is 475 g/mol. The Hall–Kier alpha value is -3.82. The number of aryl methyl sites for hydroxylation is 2. The van der Waals surface area contributed by atoms with Gasteiger partial charge in [-0.05, 0) is 48.7 Å². The van der Waals surface area contributed by atoms with Crippen molar-refractivity contribution in [2.24, 2.45) is 7.05 Å². The van der Waals surface area contributed by atoms with E-state index in [1.54, 1.807) is 31.2 Å². The van der Waals surface area contributed by atoms with E-state index >= 15 is 0 Å². The fourth-order valence-electron chi connectivity index (χ4n) is 3.32. The summed E-state index contributed by atoms with van der Waals surface area (Å²) >= 11 is 0.